The Morgan fingerprint density at radius 2 is 2.17 bits per heavy atom. The fraction of sp³-hybridized carbons (Fsp3) is 0.700. The van der Waals surface area contributed by atoms with E-state index in [1.165, 1.54) is 0 Å². The van der Waals surface area contributed by atoms with Crippen molar-refractivity contribution in [2.75, 3.05) is 19.6 Å². The summed E-state index contributed by atoms with van der Waals surface area (Å²) >= 11 is 0. The van der Waals surface area contributed by atoms with Gasteiger partial charge in [0.2, 0.25) is 0 Å². The van der Waals surface area contributed by atoms with Gasteiger partial charge in [-0.25, -0.2) is 0 Å². The van der Waals surface area contributed by atoms with E-state index in [1.54, 1.807) is 0 Å². The zero-order valence-corrected chi connectivity index (χ0v) is 8.09. The zero-order valence-electron chi connectivity index (χ0n) is 8.09. The smallest absolute Gasteiger partial charge is 0.0666 e. The monoisotopic (exact) mass is 164 g/mol. The molecule has 2 nitrogen and oxygen atoms in total. The molecule has 1 unspecified atom stereocenters. The maximum absolute atomic E-state index is 8.59. The maximum Gasteiger partial charge on any atom is 0.0666 e. The van der Waals surface area contributed by atoms with Gasteiger partial charge in [0.15, 0.2) is 0 Å². The molecular formula is C10H16N2. The van der Waals surface area contributed by atoms with Crippen molar-refractivity contribution in [2.45, 2.75) is 20.8 Å². The second kappa shape index (κ2) is 6.70. The van der Waals surface area contributed by atoms with Gasteiger partial charge in [0.25, 0.3) is 0 Å². The fourth-order valence-electron chi connectivity index (χ4n) is 0.924. The summed E-state index contributed by atoms with van der Waals surface area (Å²) in [4.78, 5) is 2.17. The van der Waals surface area contributed by atoms with E-state index in [2.05, 4.69) is 29.7 Å². The van der Waals surface area contributed by atoms with E-state index >= 15 is 0 Å². The van der Waals surface area contributed by atoms with Gasteiger partial charge in [0.1, 0.15) is 0 Å². The van der Waals surface area contributed by atoms with Crippen molar-refractivity contribution in [1.82, 2.24) is 4.90 Å². The van der Waals surface area contributed by atoms with Crippen molar-refractivity contribution in [3.8, 4) is 17.9 Å². The van der Waals surface area contributed by atoms with Crippen molar-refractivity contribution in [1.29, 1.82) is 5.26 Å². The minimum Gasteiger partial charge on any atom is -0.291 e. The third kappa shape index (κ3) is 4.77. The molecule has 0 rings (SSSR count). The zero-order chi connectivity index (χ0) is 9.40. The van der Waals surface area contributed by atoms with Crippen LogP contribution in [0.1, 0.15) is 20.8 Å². The SMILES string of the molecule is CC#CCN(CC)CC(C)C#N. The predicted molar refractivity (Wildman–Crippen MR) is 50.3 cm³/mol. The van der Waals surface area contributed by atoms with Crippen molar-refractivity contribution in [2.24, 2.45) is 5.92 Å². The number of nitrogens with zero attached hydrogens (tertiary/aromatic N) is 2. The van der Waals surface area contributed by atoms with Crippen LogP contribution < -0.4 is 0 Å². The van der Waals surface area contributed by atoms with Crippen LogP contribution in [0.2, 0.25) is 0 Å². The first-order valence-electron chi connectivity index (χ1n) is 4.26. The lowest BCUT2D eigenvalue weighted by molar-refractivity contribution is 0.300. The molecule has 0 aromatic carbocycles. The van der Waals surface area contributed by atoms with Crippen LogP contribution in [0, 0.1) is 29.1 Å². The largest absolute Gasteiger partial charge is 0.291 e. The molecule has 0 fully saturated rings. The molecule has 0 saturated heterocycles. The molecule has 0 aromatic heterocycles. The fourth-order valence-corrected chi connectivity index (χ4v) is 0.924. The van der Waals surface area contributed by atoms with Gasteiger partial charge in [0.05, 0.1) is 18.5 Å². The number of rotatable bonds is 4. The average molecular weight is 164 g/mol. The molecular weight excluding hydrogens is 148 g/mol. The summed E-state index contributed by atoms with van der Waals surface area (Å²) in [6.45, 7) is 8.41. The molecule has 0 N–H and O–H groups in total. The molecule has 66 valence electrons. The van der Waals surface area contributed by atoms with Crippen LogP contribution in [0.3, 0.4) is 0 Å². The topological polar surface area (TPSA) is 27.0 Å². The number of hydrogen-bond acceptors (Lipinski definition) is 2. The molecule has 2 heteroatoms. The summed E-state index contributed by atoms with van der Waals surface area (Å²) in [6.07, 6.45) is 0. The van der Waals surface area contributed by atoms with E-state index in [0.29, 0.717) is 0 Å². The van der Waals surface area contributed by atoms with Crippen LogP contribution in [0.25, 0.3) is 0 Å². The highest BCUT2D eigenvalue weighted by Gasteiger charge is 2.05. The summed E-state index contributed by atoms with van der Waals surface area (Å²) in [5.41, 5.74) is 0. The molecule has 0 spiro atoms. The predicted octanol–water partition coefficient (Wildman–Crippen LogP) is 1.49. The van der Waals surface area contributed by atoms with Gasteiger partial charge in [0, 0.05) is 6.54 Å². The molecule has 0 aliphatic carbocycles. The van der Waals surface area contributed by atoms with Crippen LogP contribution in [-0.4, -0.2) is 24.5 Å². The summed E-state index contributed by atoms with van der Waals surface area (Å²) in [5, 5.41) is 8.59. The second-order valence-electron chi connectivity index (χ2n) is 2.78. The van der Waals surface area contributed by atoms with E-state index in [1.807, 2.05) is 13.8 Å². The Labute approximate surface area is 75.2 Å². The van der Waals surface area contributed by atoms with E-state index in [0.717, 1.165) is 19.6 Å². The van der Waals surface area contributed by atoms with Gasteiger partial charge in [-0.2, -0.15) is 5.26 Å². The lowest BCUT2D eigenvalue weighted by Crippen LogP contribution is -2.28. The van der Waals surface area contributed by atoms with Crippen molar-refractivity contribution < 1.29 is 0 Å². The summed E-state index contributed by atoms with van der Waals surface area (Å²) < 4.78 is 0. The summed E-state index contributed by atoms with van der Waals surface area (Å²) in [5.74, 6) is 5.94. The van der Waals surface area contributed by atoms with Crippen molar-refractivity contribution in [3.05, 3.63) is 0 Å². The van der Waals surface area contributed by atoms with Gasteiger partial charge in [-0.15, -0.1) is 5.92 Å². The van der Waals surface area contributed by atoms with Gasteiger partial charge in [-0.3, -0.25) is 4.90 Å². The van der Waals surface area contributed by atoms with Crippen LogP contribution >= 0.6 is 0 Å². The molecule has 0 bridgehead atoms. The maximum atomic E-state index is 8.59. The third-order valence-electron chi connectivity index (χ3n) is 1.68. The highest BCUT2D eigenvalue weighted by molar-refractivity contribution is 4.98. The molecule has 1 atom stereocenters. The van der Waals surface area contributed by atoms with Gasteiger partial charge < -0.3 is 0 Å². The molecule has 0 radical (unpaired) electrons. The summed E-state index contributed by atoms with van der Waals surface area (Å²) in [6, 6.07) is 2.22. The van der Waals surface area contributed by atoms with Crippen molar-refractivity contribution >= 4 is 0 Å². The first kappa shape index (κ1) is 11.0. The lowest BCUT2D eigenvalue weighted by atomic mass is 10.2. The Hall–Kier alpha value is -0.990. The Morgan fingerprint density at radius 1 is 1.50 bits per heavy atom. The Bertz CT molecular complexity index is 204. The molecule has 0 aliphatic rings. The van der Waals surface area contributed by atoms with E-state index in [-0.39, 0.29) is 5.92 Å². The first-order valence-corrected chi connectivity index (χ1v) is 4.26. The third-order valence-corrected chi connectivity index (χ3v) is 1.68. The van der Waals surface area contributed by atoms with Crippen LogP contribution in [0.4, 0.5) is 0 Å². The Balaban J connectivity index is 3.81. The van der Waals surface area contributed by atoms with Gasteiger partial charge >= 0.3 is 0 Å². The molecule has 0 aromatic rings. The van der Waals surface area contributed by atoms with E-state index in [4.69, 9.17) is 5.26 Å². The molecule has 0 heterocycles. The second-order valence-corrected chi connectivity index (χ2v) is 2.78. The van der Waals surface area contributed by atoms with Crippen LogP contribution in [0.5, 0.6) is 0 Å². The number of hydrogen-bond donors (Lipinski definition) is 0. The molecule has 0 amide bonds. The highest BCUT2D eigenvalue weighted by atomic mass is 15.1. The Kier molecular flexibility index (Phi) is 6.15. The van der Waals surface area contributed by atoms with Crippen molar-refractivity contribution in [3.63, 3.8) is 0 Å². The molecule has 0 saturated carbocycles. The van der Waals surface area contributed by atoms with Gasteiger partial charge in [-0.1, -0.05) is 12.8 Å². The van der Waals surface area contributed by atoms with Crippen LogP contribution in [0.15, 0.2) is 0 Å². The van der Waals surface area contributed by atoms with E-state index < -0.39 is 0 Å². The first-order chi connectivity index (χ1) is 5.74. The summed E-state index contributed by atoms with van der Waals surface area (Å²) in [7, 11) is 0. The standard InChI is InChI=1S/C10H16N2/c1-4-6-7-12(5-2)9-10(3)8-11/h10H,5,7,9H2,1-3H3. The average Bonchev–Trinajstić information content (AvgIpc) is 2.11. The lowest BCUT2D eigenvalue weighted by Gasteiger charge is -2.17. The Morgan fingerprint density at radius 3 is 2.58 bits per heavy atom. The molecule has 12 heavy (non-hydrogen) atoms. The van der Waals surface area contributed by atoms with Gasteiger partial charge in [-0.05, 0) is 20.4 Å². The minimum absolute atomic E-state index is 0.101. The number of nitriles is 1. The van der Waals surface area contributed by atoms with Crippen LogP contribution in [-0.2, 0) is 0 Å². The molecule has 0 aliphatic heterocycles. The minimum atomic E-state index is 0.101. The quantitative estimate of drug-likeness (QED) is 0.589. The highest BCUT2D eigenvalue weighted by Crippen LogP contribution is 1.96. The normalized spacial score (nSPS) is 11.6. The van der Waals surface area contributed by atoms with E-state index in [9.17, 15) is 0 Å².